The molecule has 4 nitrogen and oxygen atoms in total. The van der Waals surface area contributed by atoms with E-state index in [1.807, 2.05) is 0 Å². The summed E-state index contributed by atoms with van der Waals surface area (Å²) in [7, 11) is 0. The van der Waals surface area contributed by atoms with Crippen LogP contribution in [-0.4, -0.2) is 29.1 Å². The third-order valence-electron chi connectivity index (χ3n) is 3.11. The van der Waals surface area contributed by atoms with Crippen LogP contribution in [-0.2, 0) is 6.42 Å². The molecule has 1 fully saturated rings. The lowest BCUT2D eigenvalue weighted by atomic mass is 10.1. The summed E-state index contributed by atoms with van der Waals surface area (Å²) < 4.78 is 0. The average Bonchev–Trinajstić information content (AvgIpc) is 2.73. The Morgan fingerprint density at radius 3 is 2.61 bits per heavy atom. The summed E-state index contributed by atoms with van der Waals surface area (Å²) in [5.41, 5.74) is 0.753. The first kappa shape index (κ1) is 13.3. The van der Waals surface area contributed by atoms with Gasteiger partial charge in [-0.2, -0.15) is 0 Å². The van der Waals surface area contributed by atoms with Crippen LogP contribution in [0.15, 0.2) is 0 Å². The molecule has 1 aliphatic rings. The Hall–Kier alpha value is -1.10. The molecule has 0 bridgehead atoms. The minimum absolute atomic E-state index is 0.421. The minimum atomic E-state index is -0.841. The molecule has 0 spiro atoms. The van der Waals surface area contributed by atoms with Gasteiger partial charge in [-0.25, -0.2) is 9.78 Å². The van der Waals surface area contributed by atoms with Crippen LogP contribution in [0.3, 0.4) is 0 Å². The van der Waals surface area contributed by atoms with E-state index in [0.29, 0.717) is 10.8 Å². The van der Waals surface area contributed by atoms with Gasteiger partial charge in [-0.1, -0.05) is 25.2 Å². The molecule has 1 saturated heterocycles. The summed E-state index contributed by atoms with van der Waals surface area (Å²) in [4.78, 5) is 18.5. The quantitative estimate of drug-likeness (QED) is 0.912. The minimum Gasteiger partial charge on any atom is -0.477 e. The van der Waals surface area contributed by atoms with Crippen molar-refractivity contribution < 1.29 is 9.90 Å². The van der Waals surface area contributed by atoms with Crippen molar-refractivity contribution in [3.63, 3.8) is 0 Å². The molecule has 1 aromatic rings. The molecular weight excluding hydrogens is 248 g/mol. The van der Waals surface area contributed by atoms with Gasteiger partial charge in [0.15, 0.2) is 5.13 Å². The molecule has 1 aromatic heterocycles. The topological polar surface area (TPSA) is 53.4 Å². The highest BCUT2D eigenvalue weighted by Gasteiger charge is 2.22. The fourth-order valence-electron chi connectivity index (χ4n) is 2.25. The summed E-state index contributed by atoms with van der Waals surface area (Å²) in [6.45, 7) is 6.19. The molecule has 0 saturated carbocycles. The van der Waals surface area contributed by atoms with Crippen molar-refractivity contribution >= 4 is 22.4 Å². The molecule has 2 heterocycles. The largest absolute Gasteiger partial charge is 0.477 e. The van der Waals surface area contributed by atoms with Gasteiger partial charge in [-0.3, -0.25) is 0 Å². The zero-order chi connectivity index (χ0) is 13.1. The van der Waals surface area contributed by atoms with E-state index in [1.54, 1.807) is 0 Å². The second-order valence-corrected chi connectivity index (χ2v) is 6.20. The van der Waals surface area contributed by atoms with Crippen molar-refractivity contribution in [2.75, 3.05) is 18.0 Å². The molecule has 18 heavy (non-hydrogen) atoms. The average molecular weight is 268 g/mol. The van der Waals surface area contributed by atoms with E-state index in [2.05, 4.69) is 23.7 Å². The molecule has 5 heteroatoms. The first-order valence-electron chi connectivity index (χ1n) is 6.56. The molecule has 1 aliphatic heterocycles. The summed E-state index contributed by atoms with van der Waals surface area (Å²) >= 11 is 1.33. The van der Waals surface area contributed by atoms with E-state index in [4.69, 9.17) is 0 Å². The SMILES string of the molecule is CC(C)Cc1nc(N2CCCCC2)sc1C(=O)O. The third-order valence-corrected chi connectivity index (χ3v) is 4.25. The summed E-state index contributed by atoms with van der Waals surface area (Å²) in [6.07, 6.45) is 4.38. The van der Waals surface area contributed by atoms with E-state index in [0.717, 1.165) is 30.3 Å². The van der Waals surface area contributed by atoms with Gasteiger partial charge >= 0.3 is 5.97 Å². The van der Waals surface area contributed by atoms with Crippen molar-refractivity contribution in [1.82, 2.24) is 4.98 Å². The molecule has 0 aliphatic carbocycles. The number of anilines is 1. The Kier molecular flexibility index (Phi) is 4.22. The van der Waals surface area contributed by atoms with Gasteiger partial charge in [-0.15, -0.1) is 0 Å². The Balaban J connectivity index is 2.23. The zero-order valence-electron chi connectivity index (χ0n) is 11.0. The molecule has 1 N–H and O–H groups in total. The Morgan fingerprint density at radius 1 is 1.39 bits per heavy atom. The molecular formula is C13H20N2O2S. The maximum absolute atomic E-state index is 11.3. The highest BCUT2D eigenvalue weighted by Crippen LogP contribution is 2.29. The Labute approximate surface area is 112 Å². The molecule has 0 radical (unpaired) electrons. The smallest absolute Gasteiger partial charge is 0.347 e. The monoisotopic (exact) mass is 268 g/mol. The van der Waals surface area contributed by atoms with Crippen LogP contribution in [0.5, 0.6) is 0 Å². The van der Waals surface area contributed by atoms with Crippen molar-refractivity contribution in [3.05, 3.63) is 10.6 Å². The van der Waals surface area contributed by atoms with Gasteiger partial charge in [0, 0.05) is 13.1 Å². The van der Waals surface area contributed by atoms with E-state index in [-0.39, 0.29) is 0 Å². The number of carboxylic acid groups (broad SMARTS) is 1. The number of aromatic nitrogens is 1. The fourth-order valence-corrected chi connectivity index (χ4v) is 3.24. The van der Waals surface area contributed by atoms with Gasteiger partial charge in [0.1, 0.15) is 4.88 Å². The molecule has 2 rings (SSSR count). The first-order valence-corrected chi connectivity index (χ1v) is 7.37. The normalized spacial score (nSPS) is 16.3. The number of aromatic carboxylic acids is 1. The lowest BCUT2D eigenvalue weighted by Crippen LogP contribution is -2.29. The highest BCUT2D eigenvalue weighted by molar-refractivity contribution is 7.17. The number of carboxylic acids is 1. The number of thiazole rings is 1. The van der Waals surface area contributed by atoms with Crippen LogP contribution in [0.1, 0.15) is 48.5 Å². The number of hydrogen-bond acceptors (Lipinski definition) is 4. The number of nitrogens with zero attached hydrogens (tertiary/aromatic N) is 2. The van der Waals surface area contributed by atoms with Gasteiger partial charge in [0.2, 0.25) is 0 Å². The maximum Gasteiger partial charge on any atom is 0.347 e. The standard InChI is InChI=1S/C13H20N2O2S/c1-9(2)8-10-11(12(16)17)18-13(14-10)15-6-4-3-5-7-15/h9H,3-8H2,1-2H3,(H,16,17). The number of carbonyl (C=O) groups is 1. The predicted molar refractivity (Wildman–Crippen MR) is 73.7 cm³/mol. The van der Waals surface area contributed by atoms with Crippen LogP contribution < -0.4 is 4.90 Å². The van der Waals surface area contributed by atoms with Crippen LogP contribution >= 0.6 is 11.3 Å². The fraction of sp³-hybridized carbons (Fsp3) is 0.692. The molecule has 0 unspecified atom stereocenters. The van der Waals surface area contributed by atoms with Crippen LogP contribution in [0.2, 0.25) is 0 Å². The number of piperidine rings is 1. The Morgan fingerprint density at radius 2 is 2.06 bits per heavy atom. The lowest BCUT2D eigenvalue weighted by molar-refractivity contribution is 0.0700. The number of hydrogen-bond donors (Lipinski definition) is 1. The molecule has 0 amide bonds. The molecule has 100 valence electrons. The summed E-state index contributed by atoms with van der Waals surface area (Å²) in [5, 5.41) is 10.1. The summed E-state index contributed by atoms with van der Waals surface area (Å²) in [5.74, 6) is -0.411. The molecule has 0 aromatic carbocycles. The summed E-state index contributed by atoms with van der Waals surface area (Å²) in [6, 6.07) is 0. The lowest BCUT2D eigenvalue weighted by Gasteiger charge is -2.25. The van der Waals surface area contributed by atoms with E-state index in [1.165, 1.54) is 30.6 Å². The first-order chi connectivity index (χ1) is 8.58. The second-order valence-electron chi connectivity index (χ2n) is 5.22. The number of rotatable bonds is 4. The van der Waals surface area contributed by atoms with Crippen LogP contribution in [0.25, 0.3) is 0 Å². The van der Waals surface area contributed by atoms with E-state index >= 15 is 0 Å². The van der Waals surface area contributed by atoms with Crippen molar-refractivity contribution in [3.8, 4) is 0 Å². The zero-order valence-corrected chi connectivity index (χ0v) is 11.8. The van der Waals surface area contributed by atoms with Crippen LogP contribution in [0, 0.1) is 5.92 Å². The van der Waals surface area contributed by atoms with Gasteiger partial charge in [0.25, 0.3) is 0 Å². The van der Waals surface area contributed by atoms with Gasteiger partial charge in [0.05, 0.1) is 5.69 Å². The van der Waals surface area contributed by atoms with E-state index in [9.17, 15) is 9.90 Å². The van der Waals surface area contributed by atoms with Gasteiger partial charge in [-0.05, 0) is 31.6 Å². The second kappa shape index (κ2) is 5.69. The van der Waals surface area contributed by atoms with Gasteiger partial charge < -0.3 is 10.0 Å². The molecule has 0 atom stereocenters. The van der Waals surface area contributed by atoms with Crippen molar-refractivity contribution in [2.24, 2.45) is 5.92 Å². The van der Waals surface area contributed by atoms with Crippen molar-refractivity contribution in [1.29, 1.82) is 0 Å². The van der Waals surface area contributed by atoms with E-state index < -0.39 is 5.97 Å². The third kappa shape index (κ3) is 3.02. The van der Waals surface area contributed by atoms with Crippen molar-refractivity contribution in [2.45, 2.75) is 39.5 Å². The predicted octanol–water partition coefficient (Wildman–Crippen LogP) is 3.03. The maximum atomic E-state index is 11.3. The Bertz CT molecular complexity index is 423. The highest BCUT2D eigenvalue weighted by atomic mass is 32.1. The van der Waals surface area contributed by atoms with Crippen LogP contribution in [0.4, 0.5) is 5.13 Å².